The number of esters is 1. The first-order valence-electron chi connectivity index (χ1n) is 6.09. The van der Waals surface area contributed by atoms with Crippen LogP contribution in [0.2, 0.25) is 0 Å². The third kappa shape index (κ3) is 3.89. The molecule has 1 amide bonds. The molecule has 0 atom stereocenters. The number of anilines is 1. The van der Waals surface area contributed by atoms with Gasteiger partial charge in [-0.1, -0.05) is 22.0 Å². The molecule has 1 N–H and O–H groups in total. The fraction of sp³-hybridized carbons (Fsp3) is 0.214. The third-order valence-corrected chi connectivity index (χ3v) is 4.50. The monoisotopic (exact) mass is 368 g/mol. The average molecular weight is 369 g/mol. The van der Waals surface area contributed by atoms with Crippen molar-refractivity contribution in [2.24, 2.45) is 0 Å². The number of nitrogens with one attached hydrogen (secondary N) is 1. The number of carbonyl (C=O) groups is 2. The summed E-state index contributed by atoms with van der Waals surface area (Å²) >= 11 is 4.67. The highest BCUT2D eigenvalue weighted by molar-refractivity contribution is 9.10. The number of aromatic nitrogens is 1. The fourth-order valence-electron chi connectivity index (χ4n) is 1.68. The van der Waals surface area contributed by atoms with Crippen molar-refractivity contribution >= 4 is 44.3 Å². The molecule has 0 aliphatic carbocycles. The number of thiazole rings is 1. The number of amides is 1. The van der Waals surface area contributed by atoms with Gasteiger partial charge in [0.1, 0.15) is 0 Å². The first-order chi connectivity index (χ1) is 10.0. The summed E-state index contributed by atoms with van der Waals surface area (Å²) < 4.78 is 5.45. The van der Waals surface area contributed by atoms with Crippen LogP contribution in [0.15, 0.2) is 28.1 Å². The van der Waals surface area contributed by atoms with E-state index in [4.69, 9.17) is 0 Å². The van der Waals surface area contributed by atoms with Crippen LogP contribution in [0.3, 0.4) is 0 Å². The summed E-state index contributed by atoms with van der Waals surface area (Å²) in [6.45, 7) is 1.86. The Balaban J connectivity index is 2.09. The Kier molecular flexibility index (Phi) is 5.08. The maximum atomic E-state index is 12.2. The summed E-state index contributed by atoms with van der Waals surface area (Å²) in [6, 6.07) is 5.43. The van der Waals surface area contributed by atoms with E-state index in [9.17, 15) is 9.59 Å². The Hall–Kier alpha value is -1.73. The quantitative estimate of drug-likeness (QED) is 0.841. The van der Waals surface area contributed by atoms with E-state index in [1.807, 2.05) is 13.0 Å². The first-order valence-corrected chi connectivity index (χ1v) is 7.76. The maximum Gasteiger partial charge on any atom is 0.311 e. The lowest BCUT2D eigenvalue weighted by Crippen LogP contribution is -2.13. The number of halogens is 1. The molecule has 0 radical (unpaired) electrons. The van der Waals surface area contributed by atoms with Crippen LogP contribution in [-0.4, -0.2) is 24.0 Å². The van der Waals surface area contributed by atoms with Gasteiger partial charge in [-0.2, -0.15) is 0 Å². The molecule has 5 nitrogen and oxygen atoms in total. The molecule has 2 rings (SSSR count). The molecule has 0 bridgehead atoms. The van der Waals surface area contributed by atoms with Crippen LogP contribution in [-0.2, 0) is 16.0 Å². The second-order valence-electron chi connectivity index (χ2n) is 4.26. The molecule has 1 aromatic carbocycles. The molecule has 21 heavy (non-hydrogen) atoms. The molecule has 110 valence electrons. The summed E-state index contributed by atoms with van der Waals surface area (Å²) in [5.74, 6) is -0.589. The topological polar surface area (TPSA) is 68.3 Å². The molecule has 0 aliphatic rings. The number of hydrogen-bond acceptors (Lipinski definition) is 5. The number of carbonyl (C=O) groups excluding carboxylic acids is 2. The van der Waals surface area contributed by atoms with Crippen LogP contribution in [0, 0.1) is 6.92 Å². The van der Waals surface area contributed by atoms with Crippen molar-refractivity contribution in [3.8, 4) is 0 Å². The smallest absolute Gasteiger partial charge is 0.311 e. The molecule has 0 aliphatic heterocycles. The second-order valence-corrected chi connectivity index (χ2v) is 5.98. The number of ether oxygens (including phenoxy) is 1. The van der Waals surface area contributed by atoms with Gasteiger partial charge in [0.2, 0.25) is 0 Å². The predicted molar refractivity (Wildman–Crippen MR) is 84.7 cm³/mol. The number of methoxy groups -OCH3 is 1. The lowest BCUT2D eigenvalue weighted by Gasteiger charge is -2.06. The number of rotatable bonds is 4. The number of benzene rings is 1. The largest absolute Gasteiger partial charge is 0.469 e. The minimum Gasteiger partial charge on any atom is -0.469 e. The van der Waals surface area contributed by atoms with Crippen molar-refractivity contribution in [1.29, 1.82) is 0 Å². The Labute approximate surface area is 134 Å². The predicted octanol–water partition coefficient (Wildman–Crippen LogP) is 3.18. The van der Waals surface area contributed by atoms with Gasteiger partial charge in [0.05, 0.1) is 19.2 Å². The SMILES string of the molecule is COC(=O)Cc1csc(NC(=O)c2cccc(Br)c2C)n1. The zero-order valence-electron chi connectivity index (χ0n) is 11.5. The Morgan fingerprint density at radius 3 is 2.90 bits per heavy atom. The van der Waals surface area contributed by atoms with Gasteiger partial charge in [-0.25, -0.2) is 4.98 Å². The Bertz CT molecular complexity index is 685. The second kappa shape index (κ2) is 6.82. The third-order valence-electron chi connectivity index (χ3n) is 2.84. The van der Waals surface area contributed by atoms with Gasteiger partial charge in [-0.05, 0) is 24.6 Å². The summed E-state index contributed by atoms with van der Waals surface area (Å²) in [4.78, 5) is 27.6. The highest BCUT2D eigenvalue weighted by atomic mass is 79.9. The van der Waals surface area contributed by atoms with Gasteiger partial charge in [-0.3, -0.25) is 14.9 Å². The number of hydrogen-bond donors (Lipinski definition) is 1. The van der Waals surface area contributed by atoms with Crippen molar-refractivity contribution in [1.82, 2.24) is 4.98 Å². The molecule has 7 heteroatoms. The highest BCUT2D eigenvalue weighted by Gasteiger charge is 2.13. The standard InChI is InChI=1S/C14H13BrN2O3S/c1-8-10(4-3-5-11(8)15)13(19)17-14-16-9(7-21-14)6-12(18)20-2/h3-5,7H,6H2,1-2H3,(H,16,17,19). The van der Waals surface area contributed by atoms with E-state index >= 15 is 0 Å². The van der Waals surface area contributed by atoms with Gasteiger partial charge >= 0.3 is 5.97 Å². The lowest BCUT2D eigenvalue weighted by atomic mass is 10.1. The summed E-state index contributed by atoms with van der Waals surface area (Å²) in [5, 5.41) is 4.91. The van der Waals surface area contributed by atoms with Gasteiger partial charge in [0.15, 0.2) is 5.13 Å². The molecule has 2 aromatic rings. The molecule has 0 saturated carbocycles. The van der Waals surface area contributed by atoms with Gasteiger partial charge in [-0.15, -0.1) is 11.3 Å². The summed E-state index contributed by atoms with van der Waals surface area (Å²) in [5.41, 5.74) is 2.02. The molecular weight excluding hydrogens is 356 g/mol. The highest BCUT2D eigenvalue weighted by Crippen LogP contribution is 2.22. The average Bonchev–Trinajstić information content (AvgIpc) is 2.88. The summed E-state index contributed by atoms with van der Waals surface area (Å²) in [6.07, 6.45) is 0.0960. The molecule has 0 saturated heterocycles. The van der Waals surface area contributed by atoms with Crippen molar-refractivity contribution < 1.29 is 14.3 Å². The zero-order valence-corrected chi connectivity index (χ0v) is 13.9. The van der Waals surface area contributed by atoms with Crippen molar-refractivity contribution in [2.75, 3.05) is 12.4 Å². The van der Waals surface area contributed by atoms with Crippen LogP contribution in [0.25, 0.3) is 0 Å². The maximum absolute atomic E-state index is 12.2. The molecular formula is C14H13BrN2O3S. The van der Waals surface area contributed by atoms with Crippen LogP contribution in [0.4, 0.5) is 5.13 Å². The van der Waals surface area contributed by atoms with E-state index in [-0.39, 0.29) is 18.3 Å². The van der Waals surface area contributed by atoms with Gasteiger partial charge in [0.25, 0.3) is 5.91 Å². The Morgan fingerprint density at radius 2 is 2.19 bits per heavy atom. The van der Waals surface area contributed by atoms with Crippen LogP contribution in [0.1, 0.15) is 21.6 Å². The molecule has 1 aromatic heterocycles. The molecule has 0 fully saturated rings. The van der Waals surface area contributed by atoms with E-state index in [0.29, 0.717) is 16.4 Å². The minimum atomic E-state index is -0.360. The van der Waals surface area contributed by atoms with E-state index in [1.165, 1.54) is 18.4 Å². The normalized spacial score (nSPS) is 10.2. The van der Waals surface area contributed by atoms with E-state index < -0.39 is 0 Å². The minimum absolute atomic E-state index is 0.0960. The van der Waals surface area contributed by atoms with Crippen molar-refractivity contribution in [3.05, 3.63) is 44.9 Å². The fourth-order valence-corrected chi connectivity index (χ4v) is 2.76. The van der Waals surface area contributed by atoms with Gasteiger partial charge in [0, 0.05) is 15.4 Å². The van der Waals surface area contributed by atoms with Crippen LogP contribution >= 0.6 is 27.3 Å². The van der Waals surface area contributed by atoms with E-state index in [1.54, 1.807) is 17.5 Å². The van der Waals surface area contributed by atoms with Crippen LogP contribution in [0.5, 0.6) is 0 Å². The van der Waals surface area contributed by atoms with Gasteiger partial charge < -0.3 is 4.74 Å². The lowest BCUT2D eigenvalue weighted by molar-refractivity contribution is -0.139. The van der Waals surface area contributed by atoms with Crippen LogP contribution < -0.4 is 5.32 Å². The Morgan fingerprint density at radius 1 is 1.43 bits per heavy atom. The molecule has 1 heterocycles. The zero-order chi connectivity index (χ0) is 15.4. The summed E-state index contributed by atoms with van der Waals surface area (Å²) in [7, 11) is 1.33. The van der Waals surface area contributed by atoms with E-state index in [0.717, 1.165) is 10.0 Å². The number of nitrogens with zero attached hydrogens (tertiary/aromatic N) is 1. The van der Waals surface area contributed by atoms with Crippen molar-refractivity contribution in [3.63, 3.8) is 0 Å². The first kappa shape index (κ1) is 15.7. The van der Waals surface area contributed by atoms with Crippen molar-refractivity contribution in [2.45, 2.75) is 13.3 Å². The molecule has 0 unspecified atom stereocenters. The van der Waals surface area contributed by atoms with E-state index in [2.05, 4.69) is 31.0 Å². The molecule has 0 spiro atoms.